The summed E-state index contributed by atoms with van der Waals surface area (Å²) < 4.78 is 15.8. The molecule has 7 nitrogen and oxygen atoms in total. The number of hydrogen-bond donors (Lipinski definition) is 1. The number of hydrogen-bond acceptors (Lipinski definition) is 6. The first-order valence-electron chi connectivity index (χ1n) is 9.24. The van der Waals surface area contributed by atoms with Gasteiger partial charge in [0.25, 0.3) is 5.91 Å². The number of halogens is 2. The molecule has 0 aliphatic heterocycles. The molecule has 0 spiro atoms. The van der Waals surface area contributed by atoms with Crippen LogP contribution in [-0.2, 0) is 0 Å². The number of amides is 1. The van der Waals surface area contributed by atoms with E-state index in [1.807, 2.05) is 0 Å². The normalized spacial score (nSPS) is 10.6. The molecule has 0 saturated heterocycles. The van der Waals surface area contributed by atoms with Crippen LogP contribution in [0.25, 0.3) is 0 Å². The maximum absolute atomic E-state index is 12.5. The first-order chi connectivity index (χ1) is 15.4. The third-order valence-corrected chi connectivity index (χ3v) is 4.79. The Morgan fingerprint density at radius 3 is 2.19 bits per heavy atom. The summed E-state index contributed by atoms with van der Waals surface area (Å²) in [5.41, 5.74) is 3.65. The molecular weight excluding hydrogens is 455 g/mol. The smallest absolute Gasteiger partial charge is 0.343 e. The Morgan fingerprint density at radius 1 is 0.906 bits per heavy atom. The van der Waals surface area contributed by atoms with Crippen molar-refractivity contribution in [3.05, 3.63) is 87.4 Å². The topological polar surface area (TPSA) is 86.2 Å². The van der Waals surface area contributed by atoms with E-state index in [4.69, 9.17) is 37.4 Å². The van der Waals surface area contributed by atoms with Gasteiger partial charge in [-0.1, -0.05) is 23.2 Å². The summed E-state index contributed by atoms with van der Waals surface area (Å²) in [5.74, 6) is -0.100. The van der Waals surface area contributed by atoms with E-state index in [0.29, 0.717) is 27.5 Å². The summed E-state index contributed by atoms with van der Waals surface area (Å²) in [7, 11) is 2.95. The Morgan fingerprint density at radius 2 is 1.56 bits per heavy atom. The second kappa shape index (κ2) is 10.7. The summed E-state index contributed by atoms with van der Waals surface area (Å²) in [6, 6.07) is 15.9. The minimum absolute atomic E-state index is 0.0670. The van der Waals surface area contributed by atoms with Crippen molar-refractivity contribution in [3.63, 3.8) is 0 Å². The number of carbonyl (C=O) groups excluding carboxylic acids is 2. The number of carbonyl (C=O) groups is 2. The molecule has 3 rings (SSSR count). The molecule has 0 fully saturated rings. The van der Waals surface area contributed by atoms with Gasteiger partial charge in [-0.2, -0.15) is 5.10 Å². The molecule has 0 radical (unpaired) electrons. The van der Waals surface area contributed by atoms with E-state index in [1.54, 1.807) is 54.6 Å². The van der Waals surface area contributed by atoms with Crippen LogP contribution in [0.15, 0.2) is 65.8 Å². The van der Waals surface area contributed by atoms with Gasteiger partial charge in [0, 0.05) is 10.6 Å². The summed E-state index contributed by atoms with van der Waals surface area (Å²) >= 11 is 12.1. The number of ether oxygens (including phenoxy) is 3. The van der Waals surface area contributed by atoms with Crippen LogP contribution in [-0.4, -0.2) is 32.3 Å². The second-order valence-corrected chi connectivity index (χ2v) is 7.20. The Kier molecular flexibility index (Phi) is 7.70. The predicted molar refractivity (Wildman–Crippen MR) is 122 cm³/mol. The molecule has 1 amide bonds. The van der Waals surface area contributed by atoms with Crippen LogP contribution in [0.2, 0.25) is 10.0 Å². The predicted octanol–water partition coefficient (Wildman–Crippen LogP) is 4.99. The zero-order chi connectivity index (χ0) is 23.1. The molecule has 3 aromatic carbocycles. The molecule has 0 unspecified atom stereocenters. The van der Waals surface area contributed by atoms with Gasteiger partial charge in [-0.15, -0.1) is 0 Å². The molecule has 0 atom stereocenters. The highest BCUT2D eigenvalue weighted by Crippen LogP contribution is 2.36. The molecule has 0 saturated carbocycles. The second-order valence-electron chi connectivity index (χ2n) is 6.36. The van der Waals surface area contributed by atoms with Gasteiger partial charge in [0.2, 0.25) is 0 Å². The van der Waals surface area contributed by atoms with Gasteiger partial charge >= 0.3 is 5.97 Å². The molecule has 0 aromatic heterocycles. The quantitative estimate of drug-likeness (QED) is 0.226. The molecule has 0 aliphatic carbocycles. The molecule has 9 heteroatoms. The Balaban J connectivity index is 1.72. The Bertz CT molecular complexity index is 1150. The molecule has 0 bridgehead atoms. The maximum atomic E-state index is 12.5. The first-order valence-corrected chi connectivity index (χ1v) is 9.99. The monoisotopic (exact) mass is 472 g/mol. The number of nitrogens with zero attached hydrogens (tertiary/aromatic N) is 1. The summed E-state index contributed by atoms with van der Waals surface area (Å²) in [6.07, 6.45) is 1.39. The lowest BCUT2D eigenvalue weighted by molar-refractivity contribution is 0.0729. The fraction of sp³-hybridized carbons (Fsp3) is 0.0870. The summed E-state index contributed by atoms with van der Waals surface area (Å²) in [5, 5.41) is 4.58. The standard InChI is InChI=1S/C23H18Cl2N2O5/c1-30-18-9-5-16(6-10-18)23(29)32-21-19(25)11-14(12-20(21)31-2)13-26-27-22(28)15-3-7-17(24)8-4-15/h3-13H,1-2H3,(H,27,28). The lowest BCUT2D eigenvalue weighted by atomic mass is 10.2. The fourth-order valence-electron chi connectivity index (χ4n) is 2.62. The van der Waals surface area contributed by atoms with E-state index in [1.165, 1.54) is 26.5 Å². The Hall–Kier alpha value is -3.55. The lowest BCUT2D eigenvalue weighted by Gasteiger charge is -2.12. The van der Waals surface area contributed by atoms with E-state index in [-0.39, 0.29) is 16.5 Å². The van der Waals surface area contributed by atoms with E-state index in [2.05, 4.69) is 10.5 Å². The molecule has 32 heavy (non-hydrogen) atoms. The van der Waals surface area contributed by atoms with Crippen molar-refractivity contribution in [2.45, 2.75) is 0 Å². The summed E-state index contributed by atoms with van der Waals surface area (Å²) in [4.78, 5) is 24.6. The highest BCUT2D eigenvalue weighted by atomic mass is 35.5. The minimum atomic E-state index is -0.607. The van der Waals surface area contributed by atoms with Gasteiger partial charge in [0.15, 0.2) is 11.5 Å². The average molecular weight is 473 g/mol. The van der Waals surface area contributed by atoms with Crippen LogP contribution in [0.1, 0.15) is 26.3 Å². The number of nitrogens with one attached hydrogen (secondary N) is 1. The van der Waals surface area contributed by atoms with Crippen molar-refractivity contribution in [2.75, 3.05) is 14.2 Å². The van der Waals surface area contributed by atoms with Crippen molar-refractivity contribution in [2.24, 2.45) is 5.10 Å². The van der Waals surface area contributed by atoms with Gasteiger partial charge in [-0.25, -0.2) is 10.2 Å². The largest absolute Gasteiger partial charge is 0.497 e. The number of hydrazone groups is 1. The van der Waals surface area contributed by atoms with Crippen LogP contribution in [0.5, 0.6) is 17.2 Å². The van der Waals surface area contributed by atoms with Gasteiger partial charge in [0.1, 0.15) is 5.75 Å². The van der Waals surface area contributed by atoms with Gasteiger partial charge in [-0.3, -0.25) is 4.79 Å². The zero-order valence-electron chi connectivity index (χ0n) is 17.1. The highest BCUT2D eigenvalue weighted by Gasteiger charge is 2.17. The maximum Gasteiger partial charge on any atom is 0.343 e. The first kappa shape index (κ1) is 23.1. The van der Waals surface area contributed by atoms with E-state index in [9.17, 15) is 9.59 Å². The van der Waals surface area contributed by atoms with Crippen LogP contribution in [0.3, 0.4) is 0 Å². The fourth-order valence-corrected chi connectivity index (χ4v) is 3.01. The van der Waals surface area contributed by atoms with E-state index >= 15 is 0 Å². The van der Waals surface area contributed by atoms with Crippen molar-refractivity contribution in [1.29, 1.82) is 0 Å². The third kappa shape index (κ3) is 5.78. The third-order valence-electron chi connectivity index (χ3n) is 4.26. The van der Waals surface area contributed by atoms with E-state index < -0.39 is 11.9 Å². The number of rotatable bonds is 7. The van der Waals surface area contributed by atoms with Crippen molar-refractivity contribution in [1.82, 2.24) is 5.43 Å². The van der Waals surface area contributed by atoms with Crippen LogP contribution in [0, 0.1) is 0 Å². The molecular formula is C23H18Cl2N2O5. The van der Waals surface area contributed by atoms with Crippen molar-refractivity contribution < 1.29 is 23.8 Å². The Labute approximate surface area is 194 Å². The number of esters is 1. The van der Waals surface area contributed by atoms with Crippen LogP contribution in [0.4, 0.5) is 0 Å². The average Bonchev–Trinajstić information content (AvgIpc) is 2.80. The van der Waals surface area contributed by atoms with Gasteiger partial charge in [-0.05, 0) is 66.2 Å². The van der Waals surface area contributed by atoms with Crippen LogP contribution >= 0.6 is 23.2 Å². The minimum Gasteiger partial charge on any atom is -0.497 e. The molecule has 1 N–H and O–H groups in total. The van der Waals surface area contributed by atoms with Gasteiger partial charge in [0.05, 0.1) is 31.0 Å². The SMILES string of the molecule is COc1ccc(C(=O)Oc2c(Cl)cc(C=NNC(=O)c3ccc(Cl)cc3)cc2OC)cc1. The molecule has 0 heterocycles. The van der Waals surface area contributed by atoms with Gasteiger partial charge < -0.3 is 14.2 Å². The van der Waals surface area contributed by atoms with Crippen molar-refractivity contribution >= 4 is 41.3 Å². The van der Waals surface area contributed by atoms with Crippen LogP contribution < -0.4 is 19.6 Å². The molecule has 0 aliphatic rings. The lowest BCUT2D eigenvalue weighted by Crippen LogP contribution is -2.17. The highest BCUT2D eigenvalue weighted by molar-refractivity contribution is 6.32. The zero-order valence-corrected chi connectivity index (χ0v) is 18.6. The molecule has 3 aromatic rings. The number of methoxy groups -OCH3 is 2. The van der Waals surface area contributed by atoms with E-state index in [0.717, 1.165) is 0 Å². The van der Waals surface area contributed by atoms with Crippen molar-refractivity contribution in [3.8, 4) is 17.2 Å². The summed E-state index contributed by atoms with van der Waals surface area (Å²) in [6.45, 7) is 0. The number of benzene rings is 3. The molecule has 164 valence electrons.